The standard InChI is InChI=1S/C15H20BrNO3/c16-12-7-6-10(8-14(12)19)15(20)17-13-5-3-1-2-4-11(13)9-18/h6-8,11,13,18-19H,1-5,9H2,(H,17,20). The maximum atomic E-state index is 12.2. The van der Waals surface area contributed by atoms with Crippen molar-refractivity contribution in [3.8, 4) is 5.75 Å². The fourth-order valence-corrected chi connectivity index (χ4v) is 2.95. The Labute approximate surface area is 127 Å². The summed E-state index contributed by atoms with van der Waals surface area (Å²) in [5, 5.41) is 22.1. The minimum absolute atomic E-state index is 0.0146. The minimum Gasteiger partial charge on any atom is -0.507 e. The molecule has 0 heterocycles. The number of aliphatic hydroxyl groups excluding tert-OH is 1. The van der Waals surface area contributed by atoms with Gasteiger partial charge in [0.15, 0.2) is 0 Å². The van der Waals surface area contributed by atoms with Crippen molar-refractivity contribution in [3.05, 3.63) is 28.2 Å². The molecule has 2 rings (SSSR count). The van der Waals surface area contributed by atoms with Crippen molar-refractivity contribution < 1.29 is 15.0 Å². The number of rotatable bonds is 3. The maximum absolute atomic E-state index is 12.2. The predicted octanol–water partition coefficient (Wildman–Crippen LogP) is 2.83. The molecule has 1 aliphatic rings. The highest BCUT2D eigenvalue weighted by Crippen LogP contribution is 2.26. The number of carbonyl (C=O) groups excluding carboxylic acids is 1. The number of aliphatic hydroxyl groups is 1. The Balaban J connectivity index is 2.06. The average molecular weight is 342 g/mol. The average Bonchev–Trinajstić information content (AvgIpc) is 2.66. The highest BCUT2D eigenvalue weighted by molar-refractivity contribution is 9.10. The Morgan fingerprint density at radius 1 is 1.30 bits per heavy atom. The molecule has 0 aromatic heterocycles. The molecular weight excluding hydrogens is 322 g/mol. The van der Waals surface area contributed by atoms with Gasteiger partial charge in [0.25, 0.3) is 5.91 Å². The first-order valence-corrected chi connectivity index (χ1v) is 7.81. The first-order valence-electron chi connectivity index (χ1n) is 7.02. The summed E-state index contributed by atoms with van der Waals surface area (Å²) in [4.78, 5) is 12.2. The maximum Gasteiger partial charge on any atom is 0.251 e. The molecule has 3 N–H and O–H groups in total. The fourth-order valence-electron chi connectivity index (χ4n) is 2.70. The number of aromatic hydroxyl groups is 1. The van der Waals surface area contributed by atoms with Gasteiger partial charge in [-0.2, -0.15) is 0 Å². The number of amides is 1. The van der Waals surface area contributed by atoms with Crippen LogP contribution in [0.1, 0.15) is 42.5 Å². The summed E-state index contributed by atoms with van der Waals surface area (Å²) in [5.74, 6) is -0.0131. The van der Waals surface area contributed by atoms with Crippen LogP contribution in [-0.4, -0.2) is 28.8 Å². The van der Waals surface area contributed by atoms with Gasteiger partial charge in [-0.3, -0.25) is 4.79 Å². The van der Waals surface area contributed by atoms with Crippen LogP contribution in [0.5, 0.6) is 5.75 Å². The number of hydrogen-bond acceptors (Lipinski definition) is 3. The van der Waals surface area contributed by atoms with E-state index in [9.17, 15) is 15.0 Å². The molecule has 1 aromatic rings. The number of halogens is 1. The Hall–Kier alpha value is -1.07. The van der Waals surface area contributed by atoms with Gasteiger partial charge in [-0.05, 0) is 47.0 Å². The summed E-state index contributed by atoms with van der Waals surface area (Å²) >= 11 is 3.19. The second-order valence-corrected chi connectivity index (χ2v) is 6.18. The Morgan fingerprint density at radius 2 is 2.05 bits per heavy atom. The van der Waals surface area contributed by atoms with Crippen LogP contribution in [0.3, 0.4) is 0 Å². The van der Waals surface area contributed by atoms with E-state index in [0.29, 0.717) is 10.0 Å². The number of carbonyl (C=O) groups is 1. The molecule has 0 radical (unpaired) electrons. The van der Waals surface area contributed by atoms with E-state index in [4.69, 9.17) is 0 Å². The monoisotopic (exact) mass is 341 g/mol. The molecule has 0 saturated heterocycles. The zero-order chi connectivity index (χ0) is 14.5. The van der Waals surface area contributed by atoms with Crippen molar-refractivity contribution in [1.82, 2.24) is 5.32 Å². The zero-order valence-electron chi connectivity index (χ0n) is 11.3. The number of phenols is 1. The first kappa shape index (κ1) is 15.3. The molecule has 1 saturated carbocycles. The third kappa shape index (κ3) is 3.73. The van der Waals surface area contributed by atoms with Crippen LogP contribution in [0.25, 0.3) is 0 Å². The van der Waals surface area contributed by atoms with E-state index < -0.39 is 0 Å². The van der Waals surface area contributed by atoms with Crippen LogP contribution in [0.15, 0.2) is 22.7 Å². The normalized spacial score (nSPS) is 23.1. The van der Waals surface area contributed by atoms with Gasteiger partial charge in [0.05, 0.1) is 4.47 Å². The van der Waals surface area contributed by atoms with E-state index in [1.54, 1.807) is 12.1 Å². The summed E-state index contributed by atoms with van der Waals surface area (Å²) in [6.45, 7) is 0.108. The summed E-state index contributed by atoms with van der Waals surface area (Å²) in [6, 6.07) is 4.79. The van der Waals surface area contributed by atoms with Crippen LogP contribution in [0, 0.1) is 5.92 Å². The van der Waals surface area contributed by atoms with Gasteiger partial charge in [-0.15, -0.1) is 0 Å². The second-order valence-electron chi connectivity index (χ2n) is 5.33. The first-order chi connectivity index (χ1) is 9.61. The lowest BCUT2D eigenvalue weighted by Gasteiger charge is -2.24. The molecular formula is C15H20BrNO3. The quantitative estimate of drug-likeness (QED) is 0.740. The number of hydrogen-bond donors (Lipinski definition) is 3. The van der Waals surface area contributed by atoms with Gasteiger partial charge in [-0.1, -0.05) is 19.3 Å². The number of benzene rings is 1. The molecule has 0 aliphatic heterocycles. The highest BCUT2D eigenvalue weighted by atomic mass is 79.9. The highest BCUT2D eigenvalue weighted by Gasteiger charge is 2.25. The van der Waals surface area contributed by atoms with Gasteiger partial charge < -0.3 is 15.5 Å². The predicted molar refractivity (Wildman–Crippen MR) is 80.7 cm³/mol. The van der Waals surface area contributed by atoms with E-state index >= 15 is 0 Å². The van der Waals surface area contributed by atoms with Gasteiger partial charge in [0.2, 0.25) is 0 Å². The van der Waals surface area contributed by atoms with Crippen molar-refractivity contribution >= 4 is 21.8 Å². The van der Waals surface area contributed by atoms with Crippen LogP contribution in [0.4, 0.5) is 0 Å². The van der Waals surface area contributed by atoms with Crippen LogP contribution in [-0.2, 0) is 0 Å². The summed E-state index contributed by atoms with van der Waals surface area (Å²) < 4.78 is 0.566. The molecule has 4 nitrogen and oxygen atoms in total. The molecule has 110 valence electrons. The Kier molecular flexibility index (Phi) is 5.43. The van der Waals surface area contributed by atoms with Crippen molar-refractivity contribution in [1.29, 1.82) is 0 Å². The lowest BCUT2D eigenvalue weighted by molar-refractivity contribution is 0.0899. The van der Waals surface area contributed by atoms with Crippen LogP contribution in [0.2, 0.25) is 0 Å². The SMILES string of the molecule is O=C(NC1CCCCCC1CO)c1ccc(Br)c(O)c1. The van der Waals surface area contributed by atoms with Gasteiger partial charge in [0, 0.05) is 24.1 Å². The summed E-state index contributed by atoms with van der Waals surface area (Å²) in [6.07, 6.45) is 5.19. The molecule has 0 bridgehead atoms. The number of nitrogens with one attached hydrogen (secondary N) is 1. The molecule has 1 aromatic carbocycles. The van der Waals surface area contributed by atoms with Crippen LogP contribution < -0.4 is 5.32 Å². The second kappa shape index (κ2) is 7.09. The number of phenolic OH excluding ortho intramolecular Hbond substituents is 1. The van der Waals surface area contributed by atoms with E-state index in [0.717, 1.165) is 32.1 Å². The van der Waals surface area contributed by atoms with E-state index in [1.807, 2.05) is 0 Å². The molecule has 1 aliphatic carbocycles. The van der Waals surface area contributed by atoms with Crippen molar-refractivity contribution in [2.75, 3.05) is 6.61 Å². The summed E-state index contributed by atoms with van der Waals surface area (Å²) in [5.41, 5.74) is 0.437. The van der Waals surface area contributed by atoms with Gasteiger partial charge in [-0.25, -0.2) is 0 Å². The topological polar surface area (TPSA) is 69.6 Å². The molecule has 0 spiro atoms. The van der Waals surface area contributed by atoms with Gasteiger partial charge >= 0.3 is 0 Å². The lowest BCUT2D eigenvalue weighted by Crippen LogP contribution is -2.41. The van der Waals surface area contributed by atoms with Crippen molar-refractivity contribution in [3.63, 3.8) is 0 Å². The summed E-state index contributed by atoms with van der Waals surface area (Å²) in [7, 11) is 0. The molecule has 1 amide bonds. The lowest BCUT2D eigenvalue weighted by atomic mass is 9.95. The van der Waals surface area contributed by atoms with Crippen LogP contribution >= 0.6 is 15.9 Å². The molecule has 1 fully saturated rings. The van der Waals surface area contributed by atoms with E-state index in [1.165, 1.54) is 6.07 Å². The molecule has 5 heteroatoms. The van der Waals surface area contributed by atoms with E-state index in [-0.39, 0.29) is 30.2 Å². The minimum atomic E-state index is -0.196. The smallest absolute Gasteiger partial charge is 0.251 e. The third-order valence-corrected chi connectivity index (χ3v) is 4.59. The Bertz CT molecular complexity index is 478. The largest absolute Gasteiger partial charge is 0.507 e. The molecule has 2 atom stereocenters. The van der Waals surface area contributed by atoms with Gasteiger partial charge in [0.1, 0.15) is 5.75 Å². The van der Waals surface area contributed by atoms with Crippen molar-refractivity contribution in [2.24, 2.45) is 5.92 Å². The van der Waals surface area contributed by atoms with Crippen molar-refractivity contribution in [2.45, 2.75) is 38.1 Å². The molecule has 2 unspecified atom stereocenters. The molecule has 20 heavy (non-hydrogen) atoms. The Morgan fingerprint density at radius 3 is 2.75 bits per heavy atom. The zero-order valence-corrected chi connectivity index (χ0v) is 12.9. The fraction of sp³-hybridized carbons (Fsp3) is 0.533. The third-order valence-electron chi connectivity index (χ3n) is 3.92. The van der Waals surface area contributed by atoms with E-state index in [2.05, 4.69) is 21.2 Å².